The summed E-state index contributed by atoms with van der Waals surface area (Å²) in [5.41, 5.74) is 1.45. The van der Waals surface area contributed by atoms with E-state index in [1.165, 1.54) is 15.4 Å². The zero-order chi connectivity index (χ0) is 8.77. The maximum atomic E-state index is 2.49. The molecule has 1 heterocycles. The van der Waals surface area contributed by atoms with Gasteiger partial charge in [0, 0.05) is 0 Å². The Morgan fingerprint density at radius 3 is 2.67 bits per heavy atom. The summed E-state index contributed by atoms with van der Waals surface area (Å²) >= 11 is -1.78. The summed E-state index contributed by atoms with van der Waals surface area (Å²) in [6, 6.07) is 6.85. The Morgan fingerprint density at radius 2 is 1.92 bits per heavy atom. The minimum atomic E-state index is -1.78. The van der Waals surface area contributed by atoms with Crippen LogP contribution in [0, 0.1) is 6.92 Å². The number of rotatable bonds is 0. The molecule has 2 bridgehead atoms. The molecule has 1 aliphatic heterocycles. The monoisotopic (exact) mass is 304 g/mol. The van der Waals surface area contributed by atoms with E-state index in [-0.39, 0.29) is 0 Å². The van der Waals surface area contributed by atoms with Gasteiger partial charge in [0.2, 0.25) is 0 Å². The van der Waals surface area contributed by atoms with Crippen molar-refractivity contribution in [1.29, 1.82) is 0 Å². The van der Waals surface area contributed by atoms with E-state index in [1.54, 1.807) is 0 Å². The fourth-order valence-corrected chi connectivity index (χ4v) is 20.6. The number of hydrogen-bond donors (Lipinski definition) is 0. The van der Waals surface area contributed by atoms with Crippen molar-refractivity contribution < 1.29 is 0 Å². The van der Waals surface area contributed by atoms with Gasteiger partial charge >= 0.3 is 83.9 Å². The first-order valence-corrected chi connectivity index (χ1v) is 18.4. The Balaban J connectivity index is 2.48. The Labute approximate surface area is 83.3 Å². The number of benzene rings is 1. The van der Waals surface area contributed by atoms with Gasteiger partial charge in [-0.25, -0.2) is 0 Å². The van der Waals surface area contributed by atoms with E-state index in [4.69, 9.17) is 0 Å². The molecule has 0 spiro atoms. The van der Waals surface area contributed by atoms with Crippen LogP contribution in [0.15, 0.2) is 28.0 Å². The first-order valence-electron chi connectivity index (χ1n) is 4.05. The third kappa shape index (κ3) is 1.80. The Kier molecular flexibility index (Phi) is 2.43. The second-order valence-electron chi connectivity index (χ2n) is 3.53. The van der Waals surface area contributed by atoms with Gasteiger partial charge in [0.1, 0.15) is 0 Å². The van der Waals surface area contributed by atoms with E-state index in [9.17, 15) is 0 Å². The van der Waals surface area contributed by atoms with Gasteiger partial charge in [-0.2, -0.15) is 0 Å². The standard InChI is InChI=1S/C7H8S2.2CH3.Sn/c1-5-2-3-6(8)4-7(5)9;;;/h2-4,8-9H,1H3;2*1H3;/q;;;+2/p-2. The van der Waals surface area contributed by atoms with Crippen LogP contribution in [-0.4, -0.2) is 15.6 Å². The van der Waals surface area contributed by atoms with Crippen LogP contribution in [0.3, 0.4) is 0 Å². The molecule has 1 aromatic carbocycles. The molecule has 2 rings (SSSR count). The molecule has 0 amide bonds. The van der Waals surface area contributed by atoms with Crippen LogP contribution in [0.5, 0.6) is 0 Å². The molecule has 0 saturated carbocycles. The van der Waals surface area contributed by atoms with Crippen molar-refractivity contribution in [1.82, 2.24) is 0 Å². The fourth-order valence-electron chi connectivity index (χ4n) is 1.32. The van der Waals surface area contributed by atoms with Crippen molar-refractivity contribution in [3.63, 3.8) is 0 Å². The summed E-state index contributed by atoms with van der Waals surface area (Å²) in [6.07, 6.45) is 0. The molecular weight excluding hydrogens is 291 g/mol. The van der Waals surface area contributed by atoms with Crippen LogP contribution < -0.4 is 0 Å². The van der Waals surface area contributed by atoms with E-state index < -0.39 is 15.6 Å². The number of aryl methyl sites for hydroxylation is 1. The van der Waals surface area contributed by atoms with Gasteiger partial charge in [-0.05, 0) is 0 Å². The number of fused-ring (bicyclic) bond motifs is 2. The maximum absolute atomic E-state index is 2.49. The Morgan fingerprint density at radius 1 is 1.17 bits per heavy atom. The molecule has 0 nitrogen and oxygen atoms in total. The average molecular weight is 303 g/mol. The number of hydrogen-bond acceptors (Lipinski definition) is 2. The summed E-state index contributed by atoms with van der Waals surface area (Å²) in [4.78, 5) is 8.01. The molecule has 0 atom stereocenters. The molecule has 1 aromatic rings. The van der Waals surface area contributed by atoms with E-state index in [0.717, 1.165) is 0 Å². The molecule has 0 saturated heterocycles. The van der Waals surface area contributed by atoms with Crippen molar-refractivity contribution in [2.75, 3.05) is 0 Å². The van der Waals surface area contributed by atoms with E-state index >= 15 is 0 Å². The molecule has 0 aliphatic carbocycles. The molecule has 1 aliphatic rings. The van der Waals surface area contributed by atoms with Crippen LogP contribution in [0.1, 0.15) is 5.56 Å². The van der Waals surface area contributed by atoms with Crippen LogP contribution in [0.2, 0.25) is 9.88 Å². The van der Waals surface area contributed by atoms with E-state index in [0.29, 0.717) is 0 Å². The second-order valence-corrected chi connectivity index (χ2v) is 31.8. The molecule has 12 heavy (non-hydrogen) atoms. The Bertz CT molecular complexity index is 320. The zero-order valence-electron chi connectivity index (χ0n) is 7.55. The normalized spacial score (nSPS) is 19.2. The first kappa shape index (κ1) is 9.28. The topological polar surface area (TPSA) is 0 Å². The van der Waals surface area contributed by atoms with E-state index in [1.807, 2.05) is 0 Å². The Hall–Kier alpha value is 0.719. The van der Waals surface area contributed by atoms with Gasteiger partial charge < -0.3 is 0 Å². The predicted octanol–water partition coefficient (Wildman–Crippen LogP) is 3.89. The fraction of sp³-hybridized carbons (Fsp3) is 0.333. The molecule has 64 valence electrons. The van der Waals surface area contributed by atoms with E-state index in [2.05, 4.69) is 52.9 Å². The molecule has 0 aromatic heterocycles. The molecule has 0 unspecified atom stereocenters. The molecular formula is C9H12S2Sn. The van der Waals surface area contributed by atoms with Gasteiger partial charge in [0.05, 0.1) is 0 Å². The summed E-state index contributed by atoms with van der Waals surface area (Å²) in [7, 11) is 4.34. The van der Waals surface area contributed by atoms with Crippen LogP contribution in [0.4, 0.5) is 0 Å². The summed E-state index contributed by atoms with van der Waals surface area (Å²) in [5, 5.41) is 0. The summed E-state index contributed by atoms with van der Waals surface area (Å²) in [5.74, 6) is 0. The second kappa shape index (κ2) is 3.14. The van der Waals surface area contributed by atoms with Crippen molar-refractivity contribution in [2.45, 2.75) is 26.6 Å². The summed E-state index contributed by atoms with van der Waals surface area (Å²) < 4.78 is 0. The molecule has 0 N–H and O–H groups in total. The summed E-state index contributed by atoms with van der Waals surface area (Å²) in [6.45, 7) is 2.21. The van der Waals surface area contributed by atoms with Crippen LogP contribution in [-0.2, 0) is 0 Å². The average Bonchev–Trinajstić information content (AvgIpc) is 1.95. The molecule has 3 heteroatoms. The van der Waals surface area contributed by atoms with Crippen LogP contribution in [0.25, 0.3) is 0 Å². The van der Waals surface area contributed by atoms with Crippen molar-refractivity contribution >= 4 is 33.5 Å². The predicted molar refractivity (Wildman–Crippen MR) is 60.4 cm³/mol. The quantitative estimate of drug-likeness (QED) is 0.667. The van der Waals surface area contributed by atoms with Gasteiger partial charge in [0.25, 0.3) is 0 Å². The SMILES string of the molecule is Cc1ccc2cc1[S][Sn]([CH3])([CH3])[S]2. The first-order chi connectivity index (χ1) is 5.57. The van der Waals surface area contributed by atoms with Crippen molar-refractivity contribution in [3.05, 3.63) is 23.8 Å². The van der Waals surface area contributed by atoms with Gasteiger partial charge in [-0.1, -0.05) is 0 Å². The minimum absolute atomic E-state index is 1.45. The molecule has 0 fully saturated rings. The zero-order valence-corrected chi connectivity index (χ0v) is 12.0. The van der Waals surface area contributed by atoms with Gasteiger partial charge in [-0.3, -0.25) is 0 Å². The van der Waals surface area contributed by atoms with Crippen molar-refractivity contribution in [3.8, 4) is 0 Å². The van der Waals surface area contributed by atoms with Gasteiger partial charge in [0.15, 0.2) is 0 Å². The third-order valence-corrected chi connectivity index (χ3v) is 19.7. The van der Waals surface area contributed by atoms with Gasteiger partial charge in [-0.15, -0.1) is 0 Å². The third-order valence-electron chi connectivity index (χ3n) is 1.88. The molecule has 0 radical (unpaired) electrons. The van der Waals surface area contributed by atoms with Crippen molar-refractivity contribution in [2.24, 2.45) is 0 Å². The van der Waals surface area contributed by atoms with Crippen LogP contribution >= 0.6 is 17.9 Å².